The van der Waals surface area contributed by atoms with Crippen molar-refractivity contribution in [2.24, 2.45) is 0 Å². The Kier molecular flexibility index (Phi) is 3.62. The van der Waals surface area contributed by atoms with E-state index in [2.05, 4.69) is 11.0 Å². The highest BCUT2D eigenvalue weighted by Crippen LogP contribution is 2.23. The molecule has 0 saturated carbocycles. The lowest BCUT2D eigenvalue weighted by Gasteiger charge is -2.23. The molecule has 0 aromatic heterocycles. The maximum atomic E-state index is 9.21. The number of aliphatic hydroxyl groups is 1. The fourth-order valence-electron chi connectivity index (χ4n) is 2.16. The third-order valence-electron chi connectivity index (χ3n) is 3.04. The molecule has 1 aromatic carbocycles. The fraction of sp³-hybridized carbons (Fsp3) is 0.500. The van der Waals surface area contributed by atoms with Crippen LogP contribution >= 0.6 is 11.6 Å². The highest BCUT2D eigenvalue weighted by Gasteiger charge is 2.23. The molecule has 82 valence electrons. The summed E-state index contributed by atoms with van der Waals surface area (Å²) in [4.78, 5) is 2.31. The number of aliphatic hydroxyl groups excluding tert-OH is 1. The summed E-state index contributed by atoms with van der Waals surface area (Å²) in [6.07, 6.45) is 2.27. The van der Waals surface area contributed by atoms with Gasteiger partial charge in [0, 0.05) is 17.6 Å². The standard InChI is InChI=1S/C12H16ClNO/c13-12-6-2-1-4-10(12)8-14-7-3-5-11(14)9-15/h1-2,4,6,11,15H,3,5,7-9H2/t11-/m1/s1. The van der Waals surface area contributed by atoms with E-state index in [0.29, 0.717) is 6.04 Å². The highest BCUT2D eigenvalue weighted by atomic mass is 35.5. The minimum Gasteiger partial charge on any atom is -0.395 e. The molecule has 3 heteroatoms. The SMILES string of the molecule is OC[C@H]1CCCN1Cc1ccccc1Cl. The molecule has 1 aliphatic rings. The van der Waals surface area contributed by atoms with E-state index < -0.39 is 0 Å². The summed E-state index contributed by atoms with van der Waals surface area (Å²) < 4.78 is 0. The van der Waals surface area contributed by atoms with E-state index >= 15 is 0 Å². The van der Waals surface area contributed by atoms with Gasteiger partial charge in [0.2, 0.25) is 0 Å². The summed E-state index contributed by atoms with van der Waals surface area (Å²) >= 11 is 6.10. The minimum absolute atomic E-state index is 0.254. The molecule has 2 rings (SSSR count). The van der Waals surface area contributed by atoms with E-state index in [0.717, 1.165) is 30.1 Å². The molecule has 1 heterocycles. The molecule has 1 fully saturated rings. The van der Waals surface area contributed by atoms with Gasteiger partial charge in [0.05, 0.1) is 6.61 Å². The highest BCUT2D eigenvalue weighted by molar-refractivity contribution is 6.31. The molecule has 0 radical (unpaired) electrons. The molecule has 1 saturated heterocycles. The first-order valence-corrected chi connectivity index (χ1v) is 5.77. The van der Waals surface area contributed by atoms with E-state index in [1.807, 2.05) is 18.2 Å². The molecule has 1 aliphatic heterocycles. The maximum Gasteiger partial charge on any atom is 0.0587 e. The number of likely N-dealkylation sites (tertiary alicyclic amines) is 1. The molecule has 0 bridgehead atoms. The normalized spacial score (nSPS) is 22.1. The summed E-state index contributed by atoms with van der Waals surface area (Å²) in [5, 5.41) is 10.0. The molecule has 0 spiro atoms. The second kappa shape index (κ2) is 4.97. The van der Waals surface area contributed by atoms with Crippen molar-refractivity contribution in [1.29, 1.82) is 0 Å². The Labute approximate surface area is 95.5 Å². The zero-order valence-corrected chi connectivity index (χ0v) is 9.45. The van der Waals surface area contributed by atoms with Gasteiger partial charge in [-0.2, -0.15) is 0 Å². The zero-order chi connectivity index (χ0) is 10.7. The van der Waals surface area contributed by atoms with Crippen LogP contribution in [0.1, 0.15) is 18.4 Å². The maximum absolute atomic E-state index is 9.21. The van der Waals surface area contributed by atoms with Gasteiger partial charge in [0.15, 0.2) is 0 Å². The van der Waals surface area contributed by atoms with Crippen molar-refractivity contribution in [2.45, 2.75) is 25.4 Å². The topological polar surface area (TPSA) is 23.5 Å². The number of halogens is 1. The van der Waals surface area contributed by atoms with Gasteiger partial charge in [-0.15, -0.1) is 0 Å². The first kappa shape index (κ1) is 10.9. The predicted molar refractivity (Wildman–Crippen MR) is 62.0 cm³/mol. The first-order valence-electron chi connectivity index (χ1n) is 5.39. The summed E-state index contributed by atoms with van der Waals surface area (Å²) in [6, 6.07) is 8.24. The van der Waals surface area contributed by atoms with E-state index in [9.17, 15) is 5.11 Å². The van der Waals surface area contributed by atoms with Gasteiger partial charge < -0.3 is 5.11 Å². The number of rotatable bonds is 3. The molecule has 15 heavy (non-hydrogen) atoms. The fourth-order valence-corrected chi connectivity index (χ4v) is 2.35. The van der Waals surface area contributed by atoms with E-state index in [4.69, 9.17) is 11.6 Å². The van der Waals surface area contributed by atoms with Crippen LogP contribution < -0.4 is 0 Å². The summed E-state index contributed by atoms with van der Waals surface area (Å²) in [7, 11) is 0. The van der Waals surface area contributed by atoms with Gasteiger partial charge in [-0.3, -0.25) is 4.90 Å². The summed E-state index contributed by atoms with van der Waals surface area (Å²) in [5.41, 5.74) is 1.15. The van der Waals surface area contributed by atoms with E-state index in [1.54, 1.807) is 0 Å². The van der Waals surface area contributed by atoms with Crippen LogP contribution in [0.4, 0.5) is 0 Å². The molecule has 0 aliphatic carbocycles. The van der Waals surface area contributed by atoms with Crippen molar-refractivity contribution in [3.8, 4) is 0 Å². The lowest BCUT2D eigenvalue weighted by atomic mass is 10.2. The third kappa shape index (κ3) is 2.51. The lowest BCUT2D eigenvalue weighted by Crippen LogP contribution is -2.31. The van der Waals surface area contributed by atoms with Crippen LogP contribution in [0.3, 0.4) is 0 Å². The molecular formula is C12H16ClNO. The third-order valence-corrected chi connectivity index (χ3v) is 3.41. The molecule has 0 unspecified atom stereocenters. The molecule has 1 aromatic rings. The second-order valence-corrected chi connectivity index (χ2v) is 4.45. The van der Waals surface area contributed by atoms with Crippen LogP contribution in [-0.2, 0) is 6.54 Å². The van der Waals surface area contributed by atoms with Gasteiger partial charge >= 0.3 is 0 Å². The van der Waals surface area contributed by atoms with Gasteiger partial charge in [-0.05, 0) is 31.0 Å². The quantitative estimate of drug-likeness (QED) is 0.854. The molecular weight excluding hydrogens is 210 g/mol. The van der Waals surface area contributed by atoms with Crippen molar-refractivity contribution >= 4 is 11.6 Å². The average Bonchev–Trinajstić information content (AvgIpc) is 2.69. The lowest BCUT2D eigenvalue weighted by molar-refractivity contribution is 0.153. The molecule has 1 atom stereocenters. The van der Waals surface area contributed by atoms with Crippen molar-refractivity contribution in [3.05, 3.63) is 34.9 Å². The van der Waals surface area contributed by atoms with Crippen LogP contribution in [0.15, 0.2) is 24.3 Å². The Morgan fingerprint density at radius 3 is 2.93 bits per heavy atom. The summed E-state index contributed by atoms with van der Waals surface area (Å²) in [5.74, 6) is 0. The van der Waals surface area contributed by atoms with Crippen LogP contribution in [-0.4, -0.2) is 29.2 Å². The van der Waals surface area contributed by atoms with Gasteiger partial charge in [0.25, 0.3) is 0 Å². The van der Waals surface area contributed by atoms with E-state index in [-0.39, 0.29) is 6.61 Å². The minimum atomic E-state index is 0.254. The molecule has 0 amide bonds. The Bertz CT molecular complexity index is 329. The Balaban J connectivity index is 2.05. The summed E-state index contributed by atoms with van der Waals surface area (Å²) in [6.45, 7) is 2.17. The number of hydrogen-bond acceptors (Lipinski definition) is 2. The zero-order valence-electron chi connectivity index (χ0n) is 8.69. The number of benzene rings is 1. The van der Waals surface area contributed by atoms with Crippen LogP contribution in [0.5, 0.6) is 0 Å². The van der Waals surface area contributed by atoms with Crippen molar-refractivity contribution in [3.63, 3.8) is 0 Å². The largest absolute Gasteiger partial charge is 0.395 e. The van der Waals surface area contributed by atoms with Gasteiger partial charge in [-0.25, -0.2) is 0 Å². The Morgan fingerprint density at radius 2 is 2.20 bits per heavy atom. The van der Waals surface area contributed by atoms with Crippen molar-refractivity contribution in [2.75, 3.05) is 13.2 Å². The first-order chi connectivity index (χ1) is 7.31. The predicted octanol–water partition coefficient (Wildman–Crippen LogP) is 2.30. The average molecular weight is 226 g/mol. The van der Waals surface area contributed by atoms with Crippen molar-refractivity contribution in [1.82, 2.24) is 4.90 Å². The second-order valence-electron chi connectivity index (χ2n) is 4.04. The van der Waals surface area contributed by atoms with Crippen LogP contribution in [0.2, 0.25) is 5.02 Å². The van der Waals surface area contributed by atoms with Crippen LogP contribution in [0, 0.1) is 0 Å². The molecule has 1 N–H and O–H groups in total. The smallest absolute Gasteiger partial charge is 0.0587 e. The van der Waals surface area contributed by atoms with Gasteiger partial charge in [-0.1, -0.05) is 29.8 Å². The number of nitrogens with zero attached hydrogens (tertiary/aromatic N) is 1. The Morgan fingerprint density at radius 1 is 1.40 bits per heavy atom. The Hall–Kier alpha value is -0.570. The monoisotopic (exact) mass is 225 g/mol. The van der Waals surface area contributed by atoms with Gasteiger partial charge in [0.1, 0.15) is 0 Å². The molecule has 2 nitrogen and oxygen atoms in total. The van der Waals surface area contributed by atoms with Crippen LogP contribution in [0.25, 0.3) is 0 Å². The number of hydrogen-bond donors (Lipinski definition) is 1. The van der Waals surface area contributed by atoms with E-state index in [1.165, 1.54) is 6.42 Å². The van der Waals surface area contributed by atoms with Crippen molar-refractivity contribution < 1.29 is 5.11 Å².